The SMILES string of the molecule is CCCCC(C)COC(=O)CC(OOO[S-])C(=O)OCC(C)CCCC.[Na+]. The van der Waals surface area contributed by atoms with Crippen LogP contribution < -0.4 is 29.6 Å². The van der Waals surface area contributed by atoms with Crippen LogP contribution >= 0.6 is 0 Å². The molecule has 0 saturated heterocycles. The normalized spacial score (nSPS) is 14.0. The molecule has 3 unspecified atom stereocenters. The Hall–Kier alpha value is 0.170. The molecule has 0 radical (unpaired) electrons. The van der Waals surface area contributed by atoms with E-state index in [-0.39, 0.29) is 54.4 Å². The minimum atomic E-state index is -1.28. The van der Waals surface area contributed by atoms with Crippen LogP contribution in [0.1, 0.15) is 72.6 Å². The number of carbonyl (C=O) groups is 2. The summed E-state index contributed by atoms with van der Waals surface area (Å²) in [7, 11) is 0. The number of carbonyl (C=O) groups excluding carboxylic acids is 2. The maximum atomic E-state index is 12.1. The molecule has 0 fully saturated rings. The summed E-state index contributed by atoms with van der Waals surface area (Å²) < 4.78 is 14.3. The molecule has 0 aromatic carbocycles. The van der Waals surface area contributed by atoms with E-state index in [1.54, 1.807) is 0 Å². The summed E-state index contributed by atoms with van der Waals surface area (Å²) >= 11 is 4.13. The van der Waals surface area contributed by atoms with Crippen molar-refractivity contribution >= 4 is 24.8 Å². The third-order valence-electron chi connectivity index (χ3n) is 3.94. The van der Waals surface area contributed by atoms with E-state index in [9.17, 15) is 9.59 Å². The predicted octanol–water partition coefficient (Wildman–Crippen LogP) is 0.830. The fourth-order valence-electron chi connectivity index (χ4n) is 2.25. The third-order valence-corrected chi connectivity index (χ3v) is 3.99. The Morgan fingerprint density at radius 2 is 1.44 bits per heavy atom. The van der Waals surface area contributed by atoms with E-state index in [4.69, 9.17) is 14.4 Å². The van der Waals surface area contributed by atoms with Gasteiger partial charge in [0, 0.05) is 0 Å². The first-order valence-electron chi connectivity index (χ1n) is 9.38. The maximum absolute atomic E-state index is 12.1. The standard InChI is InChI=1S/C18H34O7S.Na/c1-5-7-9-14(3)12-21-17(19)11-16(23-24-25-26)18(20)22-13-15(4)10-8-6-2;/h14-16,26H,5-13H2,1-4H3;/q;+1/p-1. The van der Waals surface area contributed by atoms with Gasteiger partial charge in [-0.3, -0.25) is 4.79 Å². The van der Waals surface area contributed by atoms with Crippen molar-refractivity contribution in [2.45, 2.75) is 78.7 Å². The van der Waals surface area contributed by atoms with Gasteiger partial charge in [0.15, 0.2) is 0 Å². The Morgan fingerprint density at radius 3 is 1.93 bits per heavy atom. The smallest absolute Gasteiger partial charge is 0.579 e. The van der Waals surface area contributed by atoms with Gasteiger partial charge in [-0.05, 0) is 24.7 Å². The Bertz CT molecular complexity index is 385. The van der Waals surface area contributed by atoms with Crippen molar-refractivity contribution in [1.82, 2.24) is 0 Å². The van der Waals surface area contributed by atoms with Gasteiger partial charge in [0.05, 0.1) is 19.6 Å². The Balaban J connectivity index is 0. The summed E-state index contributed by atoms with van der Waals surface area (Å²) in [5.41, 5.74) is 0. The van der Waals surface area contributed by atoms with Gasteiger partial charge in [-0.15, -0.1) is 0 Å². The van der Waals surface area contributed by atoms with Crippen LogP contribution in [0, 0.1) is 11.8 Å². The van der Waals surface area contributed by atoms with Crippen molar-refractivity contribution in [1.29, 1.82) is 0 Å². The molecule has 0 aliphatic carbocycles. The Kier molecular flexibility index (Phi) is 21.2. The molecule has 0 aliphatic heterocycles. The first-order valence-corrected chi connectivity index (χ1v) is 9.72. The Morgan fingerprint density at radius 1 is 0.926 bits per heavy atom. The summed E-state index contributed by atoms with van der Waals surface area (Å²) in [5.74, 6) is -0.794. The zero-order valence-corrected chi connectivity index (χ0v) is 20.2. The molecule has 0 rings (SSSR count). The van der Waals surface area contributed by atoms with E-state index in [0.717, 1.165) is 38.5 Å². The molecule has 0 aromatic rings. The van der Waals surface area contributed by atoms with Gasteiger partial charge in [0.1, 0.15) is 0 Å². The second-order valence-electron chi connectivity index (χ2n) is 6.73. The van der Waals surface area contributed by atoms with Crippen molar-refractivity contribution in [3.8, 4) is 0 Å². The molecule has 0 spiro atoms. The van der Waals surface area contributed by atoms with Crippen LogP contribution in [0.3, 0.4) is 0 Å². The average molecular weight is 417 g/mol. The molecule has 27 heavy (non-hydrogen) atoms. The summed E-state index contributed by atoms with van der Waals surface area (Å²) in [6, 6.07) is 0. The van der Waals surface area contributed by atoms with Gasteiger partial charge in [-0.25, -0.2) is 4.79 Å². The van der Waals surface area contributed by atoms with Gasteiger partial charge in [-0.2, -0.15) is 4.89 Å². The van der Waals surface area contributed by atoms with Crippen LogP contribution in [0.4, 0.5) is 0 Å². The number of hydrogen-bond donors (Lipinski definition) is 0. The molecule has 0 heterocycles. The van der Waals surface area contributed by atoms with Crippen molar-refractivity contribution in [2.75, 3.05) is 13.2 Å². The number of ether oxygens (including phenoxy) is 2. The summed E-state index contributed by atoms with van der Waals surface area (Å²) in [6.07, 6.45) is 4.64. The Labute approximate surface area is 190 Å². The molecule has 0 bridgehead atoms. The molecule has 3 atom stereocenters. The van der Waals surface area contributed by atoms with Crippen molar-refractivity contribution in [3.05, 3.63) is 0 Å². The fourth-order valence-corrected chi connectivity index (χ4v) is 2.29. The topological polar surface area (TPSA) is 80.3 Å². The molecular weight excluding hydrogens is 383 g/mol. The summed E-state index contributed by atoms with van der Waals surface area (Å²) in [5, 5.41) is 4.17. The molecule has 0 saturated carbocycles. The van der Waals surface area contributed by atoms with E-state index < -0.39 is 18.0 Å². The largest absolute Gasteiger partial charge is 1.00 e. The number of rotatable bonds is 16. The number of hydrogen-bond acceptors (Lipinski definition) is 8. The monoisotopic (exact) mass is 416 g/mol. The van der Waals surface area contributed by atoms with E-state index in [0.29, 0.717) is 6.61 Å². The third kappa shape index (κ3) is 16.8. The minimum Gasteiger partial charge on any atom is -0.579 e. The molecule has 0 aromatic heterocycles. The van der Waals surface area contributed by atoms with E-state index in [2.05, 4.69) is 36.1 Å². The van der Waals surface area contributed by atoms with Crippen LogP contribution in [0.15, 0.2) is 0 Å². The van der Waals surface area contributed by atoms with Crippen LogP contribution in [0.2, 0.25) is 0 Å². The van der Waals surface area contributed by atoms with Crippen LogP contribution in [0.5, 0.6) is 0 Å². The van der Waals surface area contributed by atoms with Crippen LogP contribution in [-0.2, 0) is 46.2 Å². The molecule has 0 amide bonds. The zero-order chi connectivity index (χ0) is 19.8. The van der Waals surface area contributed by atoms with Crippen molar-refractivity contribution < 1.29 is 62.9 Å². The van der Waals surface area contributed by atoms with E-state index in [1.165, 1.54) is 0 Å². The maximum Gasteiger partial charge on any atom is 1.00 e. The predicted molar refractivity (Wildman–Crippen MR) is 98.3 cm³/mol. The number of unbranched alkanes of at least 4 members (excludes halogenated alkanes) is 2. The first kappa shape index (κ1) is 29.4. The van der Waals surface area contributed by atoms with Gasteiger partial charge in [0.25, 0.3) is 0 Å². The number of esters is 2. The van der Waals surface area contributed by atoms with Crippen LogP contribution in [0.25, 0.3) is 0 Å². The van der Waals surface area contributed by atoms with Crippen molar-refractivity contribution in [3.63, 3.8) is 0 Å². The minimum absolute atomic E-state index is 0. The first-order chi connectivity index (χ1) is 12.4. The van der Waals surface area contributed by atoms with Gasteiger partial charge in [0.2, 0.25) is 6.10 Å². The molecule has 0 N–H and O–H groups in total. The van der Waals surface area contributed by atoms with Crippen LogP contribution in [-0.4, -0.2) is 31.3 Å². The van der Waals surface area contributed by atoms with E-state index >= 15 is 0 Å². The second kappa shape index (κ2) is 19.5. The van der Waals surface area contributed by atoms with Gasteiger partial charge in [-0.1, -0.05) is 58.4 Å². The quantitative estimate of drug-likeness (QED) is 0.120. The van der Waals surface area contributed by atoms with E-state index in [1.807, 2.05) is 13.8 Å². The zero-order valence-electron chi connectivity index (χ0n) is 17.4. The molecule has 154 valence electrons. The second-order valence-corrected chi connectivity index (χ2v) is 6.87. The summed E-state index contributed by atoms with van der Waals surface area (Å²) in [4.78, 5) is 28.8. The molecule has 9 heteroatoms. The molecule has 7 nitrogen and oxygen atoms in total. The molecule has 0 aliphatic rings. The van der Waals surface area contributed by atoms with Crippen molar-refractivity contribution in [2.24, 2.45) is 11.8 Å². The molecular formula is C18H33NaO7S. The summed E-state index contributed by atoms with van der Waals surface area (Å²) in [6.45, 7) is 8.76. The van der Waals surface area contributed by atoms with Gasteiger partial charge < -0.3 is 26.7 Å². The fraction of sp³-hybridized carbons (Fsp3) is 0.889. The van der Waals surface area contributed by atoms with Gasteiger partial charge >= 0.3 is 41.5 Å². The average Bonchev–Trinajstić information content (AvgIpc) is 2.64.